The minimum atomic E-state index is 0.449. The molecule has 0 aromatic heterocycles. The third-order valence-electron chi connectivity index (χ3n) is 2.06. The van der Waals surface area contributed by atoms with Crippen molar-refractivity contribution in [3.63, 3.8) is 0 Å². The van der Waals surface area contributed by atoms with Gasteiger partial charge in [0.2, 0.25) is 0 Å². The van der Waals surface area contributed by atoms with Crippen molar-refractivity contribution >= 4 is 23.4 Å². The highest BCUT2D eigenvalue weighted by molar-refractivity contribution is 7.99. The van der Waals surface area contributed by atoms with Gasteiger partial charge < -0.3 is 0 Å². The lowest BCUT2D eigenvalue weighted by molar-refractivity contribution is 1.10. The largest absolute Gasteiger partial charge is 0.197 e. The first-order chi connectivity index (χ1) is 6.69. The molecule has 0 aliphatic carbocycles. The maximum Gasteiger partial charge on any atom is 0.0855 e. The number of rotatable bonds is 3. The van der Waals surface area contributed by atoms with Crippen molar-refractivity contribution in [2.45, 2.75) is 25.2 Å². The fourth-order valence-corrected chi connectivity index (χ4v) is 2.32. The first-order valence-electron chi connectivity index (χ1n) is 4.47. The molecule has 0 unspecified atom stereocenters. The average Bonchev–Trinajstić information content (AvgIpc) is 2.18. The molecule has 0 saturated carbocycles. The fourth-order valence-electron chi connectivity index (χ4n) is 1.30. The molecule has 0 heterocycles. The Kier molecular flexibility index (Phi) is 4.31. The Morgan fingerprint density at radius 2 is 2.21 bits per heavy atom. The number of hydrogen-bond acceptors (Lipinski definition) is 2. The van der Waals surface area contributed by atoms with Gasteiger partial charge in [-0.1, -0.05) is 18.5 Å². The molecule has 0 bridgehead atoms. The Morgan fingerprint density at radius 3 is 2.79 bits per heavy atom. The zero-order valence-corrected chi connectivity index (χ0v) is 9.87. The molecule has 0 saturated heterocycles. The molecule has 0 fully saturated rings. The van der Waals surface area contributed by atoms with Crippen molar-refractivity contribution < 1.29 is 0 Å². The Labute approximate surface area is 94.1 Å². The van der Waals surface area contributed by atoms with E-state index in [2.05, 4.69) is 26.0 Å². The Hall–Kier alpha value is -0.650. The van der Waals surface area contributed by atoms with Crippen LogP contribution in [0.25, 0.3) is 0 Å². The second-order valence-electron chi connectivity index (χ2n) is 3.01. The van der Waals surface area contributed by atoms with E-state index < -0.39 is 0 Å². The van der Waals surface area contributed by atoms with E-state index in [9.17, 15) is 0 Å². The zero-order chi connectivity index (χ0) is 10.6. The topological polar surface area (TPSA) is 23.8 Å². The van der Waals surface area contributed by atoms with Gasteiger partial charge in [-0.2, -0.15) is 5.26 Å². The predicted octanol–water partition coefficient (Wildman–Crippen LogP) is 3.83. The van der Waals surface area contributed by atoms with Gasteiger partial charge in [0, 0.05) is 4.90 Å². The lowest BCUT2D eigenvalue weighted by atomic mass is 10.1. The van der Waals surface area contributed by atoms with Crippen molar-refractivity contribution in [1.82, 2.24) is 0 Å². The highest BCUT2D eigenvalue weighted by atomic mass is 35.5. The predicted molar refractivity (Wildman–Crippen MR) is 61.9 cm³/mol. The summed E-state index contributed by atoms with van der Waals surface area (Å²) in [6.07, 6.45) is 0.995. The van der Waals surface area contributed by atoms with Gasteiger partial charge in [0.05, 0.1) is 16.8 Å². The number of nitrogens with zero attached hydrogens (tertiary/aromatic N) is 1. The van der Waals surface area contributed by atoms with Crippen molar-refractivity contribution in [1.29, 1.82) is 5.26 Å². The van der Waals surface area contributed by atoms with Crippen LogP contribution in [-0.4, -0.2) is 5.75 Å². The molecule has 0 spiro atoms. The molecule has 0 aliphatic heterocycles. The van der Waals surface area contributed by atoms with E-state index in [4.69, 9.17) is 16.9 Å². The van der Waals surface area contributed by atoms with Crippen LogP contribution in [0.2, 0.25) is 5.02 Å². The lowest BCUT2D eigenvalue weighted by Gasteiger charge is -2.07. The third kappa shape index (κ3) is 2.67. The van der Waals surface area contributed by atoms with Crippen LogP contribution in [0.4, 0.5) is 0 Å². The maximum atomic E-state index is 8.47. The van der Waals surface area contributed by atoms with Crippen molar-refractivity contribution in [3.8, 4) is 6.07 Å². The molecule has 74 valence electrons. The van der Waals surface area contributed by atoms with Gasteiger partial charge in [-0.15, -0.1) is 11.8 Å². The molecule has 0 radical (unpaired) electrons. The van der Waals surface area contributed by atoms with E-state index in [-0.39, 0.29) is 0 Å². The summed E-state index contributed by atoms with van der Waals surface area (Å²) >= 11 is 7.57. The molecule has 0 amide bonds. The van der Waals surface area contributed by atoms with E-state index in [1.807, 2.05) is 6.07 Å². The highest BCUT2D eigenvalue weighted by Crippen LogP contribution is 2.29. The first-order valence-corrected chi connectivity index (χ1v) is 5.84. The van der Waals surface area contributed by atoms with E-state index in [1.165, 1.54) is 22.9 Å². The van der Waals surface area contributed by atoms with Crippen LogP contribution in [0, 0.1) is 18.3 Å². The number of benzene rings is 1. The molecule has 0 N–H and O–H groups in total. The third-order valence-corrected chi connectivity index (χ3v) is 3.41. The van der Waals surface area contributed by atoms with Gasteiger partial charge in [-0.25, -0.2) is 0 Å². The van der Waals surface area contributed by atoms with Crippen LogP contribution in [0.15, 0.2) is 17.0 Å². The maximum absolute atomic E-state index is 8.47. The Balaban J connectivity index is 2.97. The Bertz CT molecular complexity index is 368. The van der Waals surface area contributed by atoms with Gasteiger partial charge in [-0.3, -0.25) is 0 Å². The van der Waals surface area contributed by atoms with E-state index in [1.54, 1.807) is 0 Å². The summed E-state index contributed by atoms with van der Waals surface area (Å²) in [5.41, 5.74) is 2.52. The molecule has 0 aliphatic rings. The molecular weight excluding hydrogens is 214 g/mol. The number of aryl methyl sites for hydroxylation is 2. The highest BCUT2D eigenvalue weighted by Gasteiger charge is 2.04. The standard InChI is InChI=1S/C11H12ClNS/c1-3-9-7-10(12)11(6-8(9)2)14-5-4-13/h6-7H,3,5H2,1-2H3. The first kappa shape index (κ1) is 11.4. The van der Waals surface area contributed by atoms with Crippen molar-refractivity contribution in [2.24, 2.45) is 0 Å². The van der Waals surface area contributed by atoms with Gasteiger partial charge in [0.15, 0.2) is 0 Å². The molecule has 0 atom stereocenters. The summed E-state index contributed by atoms with van der Waals surface area (Å²) in [6.45, 7) is 4.19. The minimum Gasteiger partial charge on any atom is -0.197 e. The van der Waals surface area contributed by atoms with Crippen LogP contribution in [0.1, 0.15) is 18.1 Å². The molecule has 1 nitrogen and oxygen atoms in total. The molecule has 1 aromatic carbocycles. The quantitative estimate of drug-likeness (QED) is 0.731. The normalized spacial score (nSPS) is 9.86. The second-order valence-corrected chi connectivity index (χ2v) is 4.43. The van der Waals surface area contributed by atoms with Crippen LogP contribution >= 0.6 is 23.4 Å². The summed E-state index contributed by atoms with van der Waals surface area (Å²) < 4.78 is 0. The average molecular weight is 226 g/mol. The van der Waals surface area contributed by atoms with Crippen LogP contribution < -0.4 is 0 Å². The zero-order valence-electron chi connectivity index (χ0n) is 8.30. The lowest BCUT2D eigenvalue weighted by Crippen LogP contribution is -1.88. The van der Waals surface area contributed by atoms with Gasteiger partial charge in [0.1, 0.15) is 0 Å². The summed E-state index contributed by atoms with van der Waals surface area (Å²) in [5.74, 6) is 0.449. The summed E-state index contributed by atoms with van der Waals surface area (Å²) in [4.78, 5) is 1.00. The van der Waals surface area contributed by atoms with Crippen LogP contribution in [0.3, 0.4) is 0 Å². The molecular formula is C11H12ClNS. The summed E-state index contributed by atoms with van der Waals surface area (Å²) in [7, 11) is 0. The van der Waals surface area contributed by atoms with Gasteiger partial charge in [0.25, 0.3) is 0 Å². The molecule has 3 heteroatoms. The van der Waals surface area contributed by atoms with Crippen LogP contribution in [0.5, 0.6) is 0 Å². The number of halogens is 1. The van der Waals surface area contributed by atoms with E-state index in [0.29, 0.717) is 5.75 Å². The van der Waals surface area contributed by atoms with E-state index in [0.717, 1.165) is 16.3 Å². The summed E-state index contributed by atoms with van der Waals surface area (Å²) in [6, 6.07) is 6.15. The van der Waals surface area contributed by atoms with Crippen molar-refractivity contribution in [2.75, 3.05) is 5.75 Å². The number of thioether (sulfide) groups is 1. The molecule has 1 rings (SSSR count). The minimum absolute atomic E-state index is 0.449. The molecule has 1 aromatic rings. The summed E-state index contributed by atoms with van der Waals surface area (Å²) in [5, 5.41) is 9.23. The monoisotopic (exact) mass is 225 g/mol. The van der Waals surface area contributed by atoms with Crippen molar-refractivity contribution in [3.05, 3.63) is 28.3 Å². The second kappa shape index (κ2) is 5.29. The number of hydrogen-bond donors (Lipinski definition) is 0. The Morgan fingerprint density at radius 1 is 1.50 bits per heavy atom. The SMILES string of the molecule is CCc1cc(Cl)c(SCC#N)cc1C. The fraction of sp³-hybridized carbons (Fsp3) is 0.364. The smallest absolute Gasteiger partial charge is 0.0855 e. The van der Waals surface area contributed by atoms with Gasteiger partial charge >= 0.3 is 0 Å². The van der Waals surface area contributed by atoms with E-state index >= 15 is 0 Å². The molecule has 14 heavy (non-hydrogen) atoms. The number of nitriles is 1. The van der Waals surface area contributed by atoms with Gasteiger partial charge in [-0.05, 0) is 36.6 Å². The van der Waals surface area contributed by atoms with Crippen LogP contribution in [-0.2, 0) is 6.42 Å².